The van der Waals surface area contributed by atoms with Gasteiger partial charge in [0, 0.05) is 48.3 Å². The predicted octanol–water partition coefficient (Wildman–Crippen LogP) is 4.87. The van der Waals surface area contributed by atoms with E-state index in [-0.39, 0.29) is 22.8 Å². The molecule has 1 aliphatic heterocycles. The van der Waals surface area contributed by atoms with Gasteiger partial charge in [0.2, 0.25) is 5.95 Å². The van der Waals surface area contributed by atoms with Gasteiger partial charge in [0.1, 0.15) is 22.2 Å². The van der Waals surface area contributed by atoms with Crippen LogP contribution in [0.25, 0.3) is 11.3 Å². The zero-order chi connectivity index (χ0) is 25.4. The van der Waals surface area contributed by atoms with Crippen molar-refractivity contribution >= 4 is 39.2 Å². The first-order valence-electron chi connectivity index (χ1n) is 10.7. The maximum Gasteiger partial charge on any atom is 0.267 e. The van der Waals surface area contributed by atoms with Crippen LogP contribution < -0.4 is 9.46 Å². The molecule has 0 spiro atoms. The van der Waals surface area contributed by atoms with E-state index < -0.39 is 20.7 Å². The van der Waals surface area contributed by atoms with E-state index in [1.165, 1.54) is 18.5 Å². The van der Waals surface area contributed by atoms with E-state index in [9.17, 15) is 12.8 Å². The monoisotopic (exact) mass is 548 g/mol. The van der Waals surface area contributed by atoms with Crippen LogP contribution in [0.2, 0.25) is 10.0 Å². The highest BCUT2D eigenvalue weighted by atomic mass is 35.5. The van der Waals surface area contributed by atoms with Crippen LogP contribution in [0.4, 0.5) is 10.3 Å². The minimum atomic E-state index is -4.34. The van der Waals surface area contributed by atoms with Crippen LogP contribution in [0.1, 0.15) is 6.04 Å². The molecule has 5 rings (SSSR count). The summed E-state index contributed by atoms with van der Waals surface area (Å²) in [7, 11) is -2.32. The number of hydrogen-bond donors (Lipinski definition) is 1. The van der Waals surface area contributed by atoms with Gasteiger partial charge >= 0.3 is 0 Å². The van der Waals surface area contributed by atoms with Crippen LogP contribution in [0.5, 0.6) is 11.5 Å². The van der Waals surface area contributed by atoms with Crippen molar-refractivity contribution < 1.29 is 17.5 Å². The van der Waals surface area contributed by atoms with Gasteiger partial charge in [-0.15, -0.1) is 0 Å². The van der Waals surface area contributed by atoms with Gasteiger partial charge in [0.05, 0.1) is 16.8 Å². The van der Waals surface area contributed by atoms with Crippen LogP contribution in [0.3, 0.4) is 0 Å². The molecule has 0 aliphatic carbocycles. The van der Waals surface area contributed by atoms with E-state index in [1.807, 2.05) is 17.8 Å². The first-order valence-corrected chi connectivity index (χ1v) is 12.9. The third kappa shape index (κ3) is 4.87. The number of ether oxygens (including phenoxy) is 1. The molecule has 0 radical (unpaired) electrons. The molecule has 1 saturated heterocycles. The molecule has 1 aliphatic rings. The van der Waals surface area contributed by atoms with Crippen LogP contribution in [-0.2, 0) is 10.0 Å². The Morgan fingerprint density at radius 3 is 2.53 bits per heavy atom. The Morgan fingerprint density at radius 1 is 1.06 bits per heavy atom. The Balaban J connectivity index is 1.47. The lowest BCUT2D eigenvalue weighted by atomic mass is 10.1. The lowest BCUT2D eigenvalue weighted by Gasteiger charge is -2.37. The number of rotatable bonds is 7. The number of benzene rings is 2. The first kappa shape index (κ1) is 24.4. The predicted molar refractivity (Wildman–Crippen MR) is 134 cm³/mol. The molecule has 2 aromatic heterocycles. The van der Waals surface area contributed by atoms with E-state index in [0.717, 1.165) is 30.9 Å². The highest BCUT2D eigenvalue weighted by Gasteiger charge is 2.28. The van der Waals surface area contributed by atoms with Gasteiger partial charge < -0.3 is 9.64 Å². The lowest BCUT2D eigenvalue weighted by molar-refractivity contribution is 0.132. The van der Waals surface area contributed by atoms with Gasteiger partial charge in [-0.3, -0.25) is 4.68 Å². The Morgan fingerprint density at radius 2 is 1.81 bits per heavy atom. The Hall–Kier alpha value is -3.25. The third-order valence-corrected chi connectivity index (χ3v) is 7.44. The number of likely N-dealkylation sites (N-methyl/N-ethyl adjacent to an activating group) is 1. The fraction of sp³-hybridized carbons (Fsp3) is 0.174. The maximum atomic E-state index is 15.0. The second-order valence-corrected chi connectivity index (χ2v) is 10.7. The summed E-state index contributed by atoms with van der Waals surface area (Å²) < 4.78 is 50.4. The molecule has 2 aromatic carbocycles. The summed E-state index contributed by atoms with van der Waals surface area (Å²) in [6, 6.07) is 10.4. The summed E-state index contributed by atoms with van der Waals surface area (Å²) in [6.45, 7) is 1.70. The molecule has 3 heterocycles. The van der Waals surface area contributed by atoms with Crippen LogP contribution in [0, 0.1) is 5.82 Å². The Bertz CT molecular complexity index is 1530. The minimum absolute atomic E-state index is 0.0675. The fourth-order valence-electron chi connectivity index (χ4n) is 3.87. The molecule has 13 heteroatoms. The highest BCUT2D eigenvalue weighted by molar-refractivity contribution is 7.92. The molecule has 36 heavy (non-hydrogen) atoms. The zero-order valence-corrected chi connectivity index (χ0v) is 21.1. The second kappa shape index (κ2) is 9.66. The molecule has 0 bridgehead atoms. The van der Waals surface area contributed by atoms with Gasteiger partial charge in [-0.2, -0.15) is 5.10 Å². The zero-order valence-electron chi connectivity index (χ0n) is 18.8. The summed E-state index contributed by atoms with van der Waals surface area (Å²) in [6.07, 6.45) is 4.39. The Labute approximate surface area is 216 Å². The van der Waals surface area contributed by atoms with Crippen LogP contribution >= 0.6 is 23.2 Å². The van der Waals surface area contributed by atoms with Crippen molar-refractivity contribution in [2.75, 3.05) is 24.9 Å². The summed E-state index contributed by atoms with van der Waals surface area (Å²) in [5.74, 6) is -0.979. The van der Waals surface area contributed by atoms with Crippen LogP contribution in [-0.4, -0.2) is 53.2 Å². The lowest BCUT2D eigenvalue weighted by Crippen LogP contribution is -2.45. The molecule has 1 N–H and O–H groups in total. The highest BCUT2D eigenvalue weighted by Crippen LogP contribution is 2.40. The van der Waals surface area contributed by atoms with Gasteiger partial charge in [-0.05, 0) is 43.4 Å². The third-order valence-electron chi connectivity index (χ3n) is 5.57. The molecule has 1 fully saturated rings. The molecule has 4 aromatic rings. The molecule has 9 nitrogen and oxygen atoms in total. The fourth-order valence-corrected chi connectivity index (χ4v) is 5.35. The van der Waals surface area contributed by atoms with E-state index in [4.69, 9.17) is 27.9 Å². The largest absolute Gasteiger partial charge is 0.455 e. The van der Waals surface area contributed by atoms with Gasteiger partial charge in [0.15, 0.2) is 0 Å². The average Bonchev–Trinajstić information content (AvgIpc) is 3.29. The molecule has 0 amide bonds. The van der Waals surface area contributed by atoms with Crippen molar-refractivity contribution in [1.29, 1.82) is 0 Å². The number of sulfonamides is 1. The molecule has 0 saturated carbocycles. The van der Waals surface area contributed by atoms with E-state index >= 15 is 0 Å². The number of aromatic nitrogens is 4. The van der Waals surface area contributed by atoms with Crippen molar-refractivity contribution in [3.8, 4) is 22.8 Å². The first-order chi connectivity index (χ1) is 17.2. The Kier molecular flexibility index (Phi) is 6.56. The summed E-state index contributed by atoms with van der Waals surface area (Å²) in [5.41, 5.74) is 1.40. The second-order valence-electron chi connectivity index (χ2n) is 8.17. The average molecular weight is 549 g/mol. The normalized spacial score (nSPS) is 14.4. The number of hydrogen-bond acceptors (Lipinski definition) is 7. The number of anilines is 1. The molecule has 0 atom stereocenters. The number of nitrogens with zero attached hydrogens (tertiary/aromatic N) is 5. The summed E-state index contributed by atoms with van der Waals surface area (Å²) in [4.78, 5) is 9.07. The van der Waals surface area contributed by atoms with Gasteiger partial charge in [-0.25, -0.2) is 27.5 Å². The number of halogens is 3. The van der Waals surface area contributed by atoms with Crippen molar-refractivity contribution in [2.45, 2.75) is 10.9 Å². The van der Waals surface area contributed by atoms with Crippen molar-refractivity contribution in [3.05, 3.63) is 76.9 Å². The smallest absolute Gasteiger partial charge is 0.267 e. The standard InChI is InChI=1S/C23H19Cl2FN6O3S/c1-31-12-15(13-31)32-19(5-8-29-32)16-9-14(24)3-4-20(16)35-21-11-18(26)22(10-17(21)25)36(33,34)30-23-27-6-2-7-28-23/h2-11,15H,12-13H2,1H3,(H,27,28,30). The van der Waals surface area contributed by atoms with Crippen molar-refractivity contribution in [3.63, 3.8) is 0 Å². The number of nitrogens with one attached hydrogen (secondary N) is 1. The molecular formula is C23H19Cl2FN6O3S. The summed E-state index contributed by atoms with van der Waals surface area (Å²) >= 11 is 12.6. The van der Waals surface area contributed by atoms with Gasteiger partial charge in [-0.1, -0.05) is 23.2 Å². The SMILES string of the molecule is CN1CC(n2nccc2-c2cc(Cl)ccc2Oc2cc(F)c(S(=O)(=O)Nc3ncccn3)cc2Cl)C1. The molecular weight excluding hydrogens is 530 g/mol. The van der Waals surface area contributed by atoms with E-state index in [2.05, 4.69) is 24.7 Å². The van der Waals surface area contributed by atoms with Crippen molar-refractivity contribution in [2.24, 2.45) is 0 Å². The molecule has 0 unspecified atom stereocenters. The van der Waals surface area contributed by atoms with Gasteiger partial charge in [0.25, 0.3) is 10.0 Å². The topological polar surface area (TPSA) is 102 Å². The maximum absolute atomic E-state index is 15.0. The molecule has 186 valence electrons. The quantitative estimate of drug-likeness (QED) is 0.351. The minimum Gasteiger partial charge on any atom is -0.455 e. The number of likely N-dealkylation sites (tertiary alicyclic amines) is 1. The van der Waals surface area contributed by atoms with E-state index in [0.29, 0.717) is 16.3 Å². The summed E-state index contributed by atoms with van der Waals surface area (Å²) in [5, 5.41) is 4.82. The van der Waals surface area contributed by atoms with E-state index in [1.54, 1.807) is 24.4 Å². The van der Waals surface area contributed by atoms with Crippen molar-refractivity contribution in [1.82, 2.24) is 24.6 Å². The van der Waals surface area contributed by atoms with Crippen LogP contribution in [0.15, 0.2) is 66.0 Å².